The number of hydrogen-bond donors (Lipinski definition) is 3. The highest BCUT2D eigenvalue weighted by atomic mass is 19.1. The molecule has 178 valence electrons. The molecule has 0 bridgehead atoms. The smallest absolute Gasteiger partial charge is 0.326 e. The van der Waals surface area contributed by atoms with Crippen molar-refractivity contribution in [2.24, 2.45) is 17.6 Å². The molecule has 1 aliphatic carbocycles. The van der Waals surface area contributed by atoms with Crippen molar-refractivity contribution >= 4 is 39.1 Å². The van der Waals surface area contributed by atoms with Crippen LogP contribution in [0.2, 0.25) is 0 Å². The number of benzene rings is 1. The molecule has 4 N–H and O–H groups in total. The van der Waals surface area contributed by atoms with E-state index in [2.05, 4.69) is 37.2 Å². The lowest BCUT2D eigenvalue weighted by Gasteiger charge is -2.27. The molecule has 1 aliphatic heterocycles. The van der Waals surface area contributed by atoms with Gasteiger partial charge in [-0.25, -0.2) is 13.9 Å². The van der Waals surface area contributed by atoms with Crippen molar-refractivity contribution in [1.29, 1.82) is 0 Å². The zero-order chi connectivity index (χ0) is 24.0. The van der Waals surface area contributed by atoms with Crippen LogP contribution in [0.4, 0.5) is 15.9 Å². The van der Waals surface area contributed by atoms with Gasteiger partial charge in [-0.2, -0.15) is 15.1 Å². The lowest BCUT2D eigenvalue weighted by molar-refractivity contribution is 0.437. The third kappa shape index (κ3) is 2.91. The van der Waals surface area contributed by atoms with Crippen molar-refractivity contribution in [2.45, 2.75) is 25.9 Å². The van der Waals surface area contributed by atoms with Crippen molar-refractivity contribution in [1.82, 2.24) is 29.5 Å². The largest absolute Gasteiger partial charge is 0.421 e. The average molecular weight is 474 g/mol. The molecule has 1 saturated carbocycles. The second-order valence-corrected chi connectivity index (χ2v) is 9.50. The molecule has 4 atom stereocenters. The number of anilines is 2. The molecule has 5 heterocycles. The predicted molar refractivity (Wildman–Crippen MR) is 130 cm³/mol. The van der Waals surface area contributed by atoms with Gasteiger partial charge < -0.3 is 25.7 Å². The van der Waals surface area contributed by atoms with Gasteiger partial charge in [-0.1, -0.05) is 0 Å². The fourth-order valence-corrected chi connectivity index (χ4v) is 5.64. The number of ether oxygens (including phenoxy) is 1. The fraction of sp³-hybridized carbons (Fsp3) is 0.333. The van der Waals surface area contributed by atoms with E-state index in [1.807, 2.05) is 6.92 Å². The van der Waals surface area contributed by atoms with Crippen LogP contribution in [-0.2, 0) is 0 Å². The minimum absolute atomic E-state index is 0.174. The summed E-state index contributed by atoms with van der Waals surface area (Å²) in [6, 6.07) is 3.58. The molecular weight excluding hydrogens is 449 g/mol. The maximum absolute atomic E-state index is 14.5. The number of aromatic amines is 1. The Balaban J connectivity index is 1.40. The summed E-state index contributed by atoms with van der Waals surface area (Å²) < 4.78 is 22.3. The van der Waals surface area contributed by atoms with E-state index in [1.54, 1.807) is 30.2 Å². The summed E-state index contributed by atoms with van der Waals surface area (Å²) in [5.41, 5.74) is 9.98. The Bertz CT molecular complexity index is 1640. The molecule has 1 saturated heterocycles. The molecule has 5 aromatic rings. The third-order valence-electron chi connectivity index (χ3n) is 7.49. The molecule has 7 rings (SSSR count). The first kappa shape index (κ1) is 20.4. The Kier molecular flexibility index (Phi) is 4.09. The number of aryl methyl sites for hydroxylation is 1. The van der Waals surface area contributed by atoms with Crippen LogP contribution >= 0.6 is 0 Å². The van der Waals surface area contributed by atoms with E-state index < -0.39 is 0 Å². The molecule has 0 radical (unpaired) electrons. The van der Waals surface area contributed by atoms with Crippen LogP contribution in [0.25, 0.3) is 27.6 Å². The van der Waals surface area contributed by atoms with Crippen molar-refractivity contribution in [3.05, 3.63) is 42.1 Å². The van der Waals surface area contributed by atoms with E-state index in [0.717, 1.165) is 34.0 Å². The number of aromatic nitrogens is 6. The third-order valence-corrected chi connectivity index (χ3v) is 7.49. The summed E-state index contributed by atoms with van der Waals surface area (Å²) in [5.74, 6) is 1.70. The number of hydrogen-bond acceptors (Lipinski definition) is 8. The number of rotatable bonds is 4. The summed E-state index contributed by atoms with van der Waals surface area (Å²) in [6.45, 7) is 4.91. The van der Waals surface area contributed by atoms with Gasteiger partial charge in [-0.3, -0.25) is 0 Å². The first-order valence-corrected chi connectivity index (χ1v) is 11.6. The molecule has 1 aromatic carbocycles. The van der Waals surface area contributed by atoms with E-state index >= 15 is 0 Å². The Morgan fingerprint density at radius 2 is 2.11 bits per heavy atom. The van der Waals surface area contributed by atoms with Crippen LogP contribution in [0.5, 0.6) is 11.8 Å². The molecule has 2 fully saturated rings. The number of nitrogens with two attached hydrogens (primary N) is 1. The van der Waals surface area contributed by atoms with Crippen LogP contribution in [0.3, 0.4) is 0 Å². The molecule has 2 aliphatic rings. The SMILES string of the molecule is CNc1cc(F)cc2c1[nH]c1nc(Oc3cnc4c(C)cnn4c3)nc(N3C[C@H]4C([C@H]4N)[C@H]3C)c12. The number of nitrogens with zero attached hydrogens (tertiary/aromatic N) is 6. The molecule has 35 heavy (non-hydrogen) atoms. The van der Waals surface area contributed by atoms with Gasteiger partial charge >= 0.3 is 6.01 Å². The van der Waals surface area contributed by atoms with Crippen molar-refractivity contribution in [2.75, 3.05) is 23.8 Å². The normalized spacial score (nSPS) is 23.4. The lowest BCUT2D eigenvalue weighted by Crippen LogP contribution is -2.36. The summed E-state index contributed by atoms with van der Waals surface area (Å²) >= 11 is 0. The molecule has 0 spiro atoms. The van der Waals surface area contributed by atoms with E-state index in [1.165, 1.54) is 12.1 Å². The van der Waals surface area contributed by atoms with Crippen LogP contribution in [0.1, 0.15) is 12.5 Å². The van der Waals surface area contributed by atoms with Gasteiger partial charge in [-0.05, 0) is 31.9 Å². The van der Waals surface area contributed by atoms with Gasteiger partial charge in [0.1, 0.15) is 17.3 Å². The lowest BCUT2D eigenvalue weighted by atomic mass is 10.1. The minimum atomic E-state index is -0.331. The van der Waals surface area contributed by atoms with Crippen LogP contribution in [0.15, 0.2) is 30.7 Å². The molecule has 0 amide bonds. The quantitative estimate of drug-likeness (QED) is 0.364. The summed E-state index contributed by atoms with van der Waals surface area (Å²) in [4.78, 5) is 19.5. The van der Waals surface area contributed by atoms with E-state index in [4.69, 9.17) is 15.5 Å². The summed E-state index contributed by atoms with van der Waals surface area (Å²) in [7, 11) is 1.76. The van der Waals surface area contributed by atoms with Gasteiger partial charge in [0, 0.05) is 42.5 Å². The monoisotopic (exact) mass is 473 g/mol. The number of halogens is 1. The Morgan fingerprint density at radius 3 is 2.89 bits per heavy atom. The highest BCUT2D eigenvalue weighted by Gasteiger charge is 2.58. The maximum Gasteiger partial charge on any atom is 0.326 e. The van der Waals surface area contributed by atoms with E-state index in [0.29, 0.717) is 34.7 Å². The summed E-state index contributed by atoms with van der Waals surface area (Å²) in [6.07, 6.45) is 5.12. The predicted octanol–water partition coefficient (Wildman–Crippen LogP) is 3.22. The number of fused-ring (bicyclic) bond motifs is 5. The highest BCUT2D eigenvalue weighted by Crippen LogP contribution is 2.51. The van der Waals surface area contributed by atoms with E-state index in [-0.39, 0.29) is 23.9 Å². The van der Waals surface area contributed by atoms with Gasteiger partial charge in [0.15, 0.2) is 11.4 Å². The Morgan fingerprint density at radius 1 is 1.26 bits per heavy atom. The number of H-pyrrole nitrogens is 1. The second kappa shape index (κ2) is 7.01. The van der Waals surface area contributed by atoms with Crippen LogP contribution in [-0.4, -0.2) is 55.2 Å². The first-order valence-electron chi connectivity index (χ1n) is 11.6. The highest BCUT2D eigenvalue weighted by molar-refractivity contribution is 6.14. The molecule has 10 nitrogen and oxygen atoms in total. The van der Waals surface area contributed by atoms with Crippen LogP contribution in [0, 0.1) is 24.6 Å². The number of nitrogens with one attached hydrogen (secondary N) is 2. The minimum Gasteiger partial charge on any atom is -0.421 e. The van der Waals surface area contributed by atoms with Crippen LogP contribution < -0.4 is 20.7 Å². The topological polar surface area (TPSA) is 122 Å². The molecule has 4 aromatic heterocycles. The summed E-state index contributed by atoms with van der Waals surface area (Å²) in [5, 5.41) is 8.85. The number of piperidine rings is 1. The average Bonchev–Trinajstić information content (AvgIpc) is 3.13. The van der Waals surface area contributed by atoms with Crippen molar-refractivity contribution in [3.8, 4) is 11.8 Å². The zero-order valence-electron chi connectivity index (χ0n) is 19.5. The molecule has 11 heteroatoms. The van der Waals surface area contributed by atoms with Crippen molar-refractivity contribution in [3.63, 3.8) is 0 Å². The fourth-order valence-electron chi connectivity index (χ4n) is 5.64. The first-order chi connectivity index (χ1) is 16.9. The van der Waals surface area contributed by atoms with Crippen molar-refractivity contribution < 1.29 is 9.13 Å². The van der Waals surface area contributed by atoms with Gasteiger partial charge in [0.05, 0.1) is 35.2 Å². The van der Waals surface area contributed by atoms with Gasteiger partial charge in [0.25, 0.3) is 0 Å². The Hall–Kier alpha value is -3.99. The van der Waals surface area contributed by atoms with E-state index in [9.17, 15) is 4.39 Å². The zero-order valence-corrected chi connectivity index (χ0v) is 19.5. The standard InChI is InChI=1S/C24H24FN9O/c1-10-6-29-34-8-13(7-28-22(10)34)35-24-31-21-18(14-4-12(25)5-16(27-3)20(14)30-21)23(32-24)33-9-15-17(11(33)2)19(15)26/h4-8,11,15,17,19,27H,9,26H2,1-3H3,(H,30,31,32)/t11-,15+,17?,19+/m1/s1. The van der Waals surface area contributed by atoms with Gasteiger partial charge in [0.2, 0.25) is 0 Å². The molecule has 1 unspecified atom stereocenters. The maximum atomic E-state index is 14.5. The van der Waals surface area contributed by atoms with Gasteiger partial charge in [-0.15, -0.1) is 0 Å². The molecular formula is C24H24FN9O. The second-order valence-electron chi connectivity index (χ2n) is 9.50. The Labute approximate surface area is 199 Å².